The summed E-state index contributed by atoms with van der Waals surface area (Å²) in [5, 5.41) is 14.0. The Bertz CT molecular complexity index is 2130. The number of nitriles is 1. The number of aromatic nitrogens is 3. The highest BCUT2D eigenvalue weighted by Crippen LogP contribution is 2.41. The number of hydrogen-bond acceptors (Lipinski definition) is 9. The molecule has 5 heterocycles. The van der Waals surface area contributed by atoms with Crippen molar-refractivity contribution in [2.45, 2.75) is 56.5 Å². The molecule has 4 aromatic rings. The van der Waals surface area contributed by atoms with E-state index in [1.54, 1.807) is 32.0 Å². The number of ether oxygens (including phenoxy) is 2. The van der Waals surface area contributed by atoms with Crippen LogP contribution in [0.15, 0.2) is 43.1 Å². The van der Waals surface area contributed by atoms with Crippen molar-refractivity contribution >= 4 is 33.4 Å². The van der Waals surface area contributed by atoms with E-state index in [1.807, 2.05) is 4.90 Å². The van der Waals surface area contributed by atoms with Crippen molar-refractivity contribution in [2.24, 2.45) is 0 Å². The molecule has 3 aliphatic rings. The van der Waals surface area contributed by atoms with Gasteiger partial charge < -0.3 is 19.7 Å². The third-order valence-electron chi connectivity index (χ3n) is 10.5. The van der Waals surface area contributed by atoms with Gasteiger partial charge in [-0.25, -0.2) is 8.78 Å². The number of rotatable bonds is 8. The van der Waals surface area contributed by atoms with E-state index >= 15 is 8.78 Å². The van der Waals surface area contributed by atoms with Gasteiger partial charge in [-0.3, -0.25) is 14.7 Å². The number of benzene rings is 2. The summed E-state index contributed by atoms with van der Waals surface area (Å²) in [6, 6.07) is 8.16. The minimum Gasteiger partial charge on any atom is -0.461 e. The van der Waals surface area contributed by atoms with E-state index in [-0.39, 0.29) is 46.4 Å². The predicted octanol–water partition coefficient (Wildman–Crippen LogP) is 5.42. The molecule has 0 spiro atoms. The largest absolute Gasteiger partial charge is 0.461 e. The number of anilines is 1. The maximum absolute atomic E-state index is 17.2. The summed E-state index contributed by atoms with van der Waals surface area (Å²) in [4.78, 5) is 30.7. The van der Waals surface area contributed by atoms with Gasteiger partial charge in [-0.15, -0.1) is 6.42 Å². The van der Waals surface area contributed by atoms with Crippen molar-refractivity contribution in [3.8, 4) is 35.7 Å². The Labute approximate surface area is 295 Å². The minimum absolute atomic E-state index is 0.0121. The molecule has 0 radical (unpaired) electrons. The fourth-order valence-corrected chi connectivity index (χ4v) is 7.72. The molecular weight excluding hydrogens is 652 g/mol. The number of amides is 1. The number of fused-ring (bicyclic) bond motifs is 3. The van der Waals surface area contributed by atoms with Crippen molar-refractivity contribution in [1.82, 2.24) is 25.2 Å². The fraction of sp³-hybridized carbons (Fsp3) is 0.410. The van der Waals surface area contributed by atoms with Crippen LogP contribution in [0.3, 0.4) is 0 Å². The van der Waals surface area contributed by atoms with Gasteiger partial charge in [0.25, 0.3) is 0 Å². The molecule has 3 fully saturated rings. The molecule has 51 heavy (non-hydrogen) atoms. The first-order valence-electron chi connectivity index (χ1n) is 17.2. The average molecular weight is 692 g/mol. The van der Waals surface area contributed by atoms with E-state index in [0.29, 0.717) is 53.8 Å². The van der Waals surface area contributed by atoms with Gasteiger partial charge in [0, 0.05) is 30.2 Å². The van der Waals surface area contributed by atoms with Crippen LogP contribution < -0.4 is 15.0 Å². The van der Waals surface area contributed by atoms with Crippen molar-refractivity contribution in [3.05, 3.63) is 65.9 Å². The number of carbonyl (C=O) groups is 1. The van der Waals surface area contributed by atoms with Crippen LogP contribution >= 0.6 is 0 Å². The molecule has 262 valence electrons. The second-order valence-electron chi connectivity index (χ2n) is 14.1. The first-order valence-corrected chi connectivity index (χ1v) is 17.2. The number of hydrogen-bond donors (Lipinski definition) is 1. The van der Waals surface area contributed by atoms with Gasteiger partial charge in [0.15, 0.2) is 5.82 Å². The van der Waals surface area contributed by atoms with Crippen molar-refractivity contribution in [2.75, 3.05) is 50.9 Å². The molecule has 3 aliphatic heterocycles. The summed E-state index contributed by atoms with van der Waals surface area (Å²) in [7, 11) is 0. The van der Waals surface area contributed by atoms with E-state index in [2.05, 4.69) is 38.8 Å². The lowest BCUT2D eigenvalue weighted by Crippen LogP contribution is -2.44. The highest BCUT2D eigenvalue weighted by molar-refractivity contribution is 6.02. The van der Waals surface area contributed by atoms with Crippen molar-refractivity contribution in [1.29, 1.82) is 5.26 Å². The zero-order chi connectivity index (χ0) is 35.9. The molecular formula is C39H39F2N7O3. The third-order valence-corrected chi connectivity index (χ3v) is 10.5. The van der Waals surface area contributed by atoms with Gasteiger partial charge in [-0.2, -0.15) is 15.2 Å². The second kappa shape index (κ2) is 13.5. The monoisotopic (exact) mass is 691 g/mol. The Balaban J connectivity index is 1.41. The number of halogens is 2. The van der Waals surface area contributed by atoms with Crippen LogP contribution in [0.1, 0.15) is 50.7 Å². The summed E-state index contributed by atoms with van der Waals surface area (Å²) in [6.07, 6.45) is 12.7. The number of pyridine rings is 1. The molecule has 10 nitrogen and oxygen atoms in total. The summed E-state index contributed by atoms with van der Waals surface area (Å²) >= 11 is 0. The molecule has 3 saturated heterocycles. The molecule has 0 saturated carbocycles. The molecule has 2 aromatic heterocycles. The lowest BCUT2D eigenvalue weighted by Gasteiger charge is -2.31. The molecule has 1 N–H and O–H groups in total. The van der Waals surface area contributed by atoms with Crippen LogP contribution in [0.4, 0.5) is 14.6 Å². The topological polar surface area (TPSA) is 116 Å². The minimum atomic E-state index is -0.961. The molecule has 7 rings (SSSR count). The molecule has 12 heteroatoms. The fourth-order valence-electron chi connectivity index (χ4n) is 7.72. The lowest BCUT2D eigenvalue weighted by atomic mass is 9.82. The lowest BCUT2D eigenvalue weighted by molar-refractivity contribution is -0.117. The number of terminal acetylenes is 1. The maximum atomic E-state index is 17.2. The van der Waals surface area contributed by atoms with E-state index in [1.165, 1.54) is 18.3 Å². The van der Waals surface area contributed by atoms with E-state index in [4.69, 9.17) is 20.9 Å². The van der Waals surface area contributed by atoms with E-state index < -0.39 is 23.1 Å². The van der Waals surface area contributed by atoms with E-state index in [9.17, 15) is 10.1 Å². The van der Waals surface area contributed by atoms with E-state index in [0.717, 1.165) is 38.8 Å². The molecule has 0 aliphatic carbocycles. The predicted molar refractivity (Wildman–Crippen MR) is 190 cm³/mol. The molecule has 1 atom stereocenters. The summed E-state index contributed by atoms with van der Waals surface area (Å²) in [5.41, 5.74) is -0.427. The van der Waals surface area contributed by atoms with Crippen LogP contribution in [0, 0.1) is 35.3 Å². The van der Waals surface area contributed by atoms with Crippen molar-refractivity contribution < 1.29 is 23.0 Å². The highest BCUT2D eigenvalue weighted by atomic mass is 19.1. The smallest absolute Gasteiger partial charge is 0.319 e. The normalized spacial score (nSPS) is 18.9. The first kappa shape index (κ1) is 34.3. The number of carbonyl (C=O) groups excluding carboxylic acids is 1. The Hall–Kier alpha value is -5.17. The van der Waals surface area contributed by atoms with Crippen LogP contribution in [0.5, 0.6) is 6.01 Å². The Morgan fingerprint density at radius 2 is 2.02 bits per heavy atom. The van der Waals surface area contributed by atoms with Gasteiger partial charge in [0.1, 0.15) is 29.5 Å². The Kier molecular flexibility index (Phi) is 9.09. The average Bonchev–Trinajstić information content (AvgIpc) is 3.63. The standard InChI is InChI=1S/C39H39F2N7O3/c1-5-27-30(40)10-9-24-17-25(38(3,4)22-42)18-28(32(24)27)34-33(41)35-29(19-43-34)36(47-15-16-50-21-26(20-47)44-31(49)6-2)46-37(45-35)51-23-39-11-7-13-48(39)14-8-12-39/h1,6,9-10,17-19,26H,2,7-8,11-16,20-21,23H2,3-4H3,(H,44,49). The van der Waals surface area contributed by atoms with Crippen LogP contribution in [0.2, 0.25) is 0 Å². The Morgan fingerprint density at radius 3 is 2.75 bits per heavy atom. The van der Waals surface area contributed by atoms with Crippen LogP contribution in [-0.2, 0) is 14.9 Å². The second-order valence-corrected chi connectivity index (χ2v) is 14.1. The van der Waals surface area contributed by atoms with Gasteiger partial charge in [0.2, 0.25) is 5.91 Å². The maximum Gasteiger partial charge on any atom is 0.319 e. The quantitative estimate of drug-likeness (QED) is 0.191. The highest BCUT2D eigenvalue weighted by Gasteiger charge is 2.45. The zero-order valence-corrected chi connectivity index (χ0v) is 28.8. The van der Waals surface area contributed by atoms with Gasteiger partial charge in [0.05, 0.1) is 47.2 Å². The molecule has 2 aromatic carbocycles. The van der Waals surface area contributed by atoms with Crippen LogP contribution in [0.25, 0.3) is 32.9 Å². The molecule has 1 amide bonds. The number of nitrogens with one attached hydrogen (secondary N) is 1. The van der Waals surface area contributed by atoms with Crippen molar-refractivity contribution in [3.63, 3.8) is 0 Å². The molecule has 1 unspecified atom stereocenters. The third kappa shape index (κ3) is 6.24. The number of nitrogens with zero attached hydrogens (tertiary/aromatic N) is 6. The van der Waals surface area contributed by atoms with Gasteiger partial charge >= 0.3 is 6.01 Å². The zero-order valence-electron chi connectivity index (χ0n) is 28.8. The summed E-state index contributed by atoms with van der Waals surface area (Å²) < 4.78 is 44.6. The summed E-state index contributed by atoms with van der Waals surface area (Å²) in [6.45, 7) is 10.8. The van der Waals surface area contributed by atoms with Gasteiger partial charge in [-0.05, 0) is 87.8 Å². The molecule has 0 bridgehead atoms. The first-order chi connectivity index (χ1) is 24.6. The van der Waals surface area contributed by atoms with Crippen LogP contribution in [-0.4, -0.2) is 83.3 Å². The Morgan fingerprint density at radius 1 is 1.24 bits per heavy atom. The SMILES string of the molecule is C#Cc1c(F)ccc2cc(C(C)(C)C#N)cc(-c3ncc4c(N5CCOCC(NC(=O)C=C)C5)nc(OCC56CCCN5CCC6)nc4c3F)c12. The van der Waals surface area contributed by atoms with Gasteiger partial charge in [-0.1, -0.05) is 18.6 Å². The summed E-state index contributed by atoms with van der Waals surface area (Å²) in [5.74, 6) is 1.07.